The number of benzene rings is 1. The summed E-state index contributed by atoms with van der Waals surface area (Å²) in [5, 5.41) is 0. The van der Waals surface area contributed by atoms with Gasteiger partial charge in [-0.05, 0) is 25.1 Å². The first-order chi connectivity index (χ1) is 8.54. The molecular weight excluding hydrogens is 232 g/mol. The van der Waals surface area contributed by atoms with Crippen molar-refractivity contribution in [2.24, 2.45) is 0 Å². The van der Waals surface area contributed by atoms with Gasteiger partial charge in [0.1, 0.15) is 0 Å². The standard InChI is InChI=1S/C14H15O4/c1-4-12(17-13(15)10(2)3)18-14(16)11-8-6-5-7-9-11/h6-9,12H,2,4H2,1,3H3. The molecule has 0 aromatic heterocycles. The molecule has 0 bridgehead atoms. The SMILES string of the molecule is C=C(C)C(=O)OC(CC)OC(=O)c1cc[c]cc1. The van der Waals surface area contributed by atoms with Crippen LogP contribution in [0.3, 0.4) is 0 Å². The van der Waals surface area contributed by atoms with Crippen LogP contribution >= 0.6 is 0 Å². The van der Waals surface area contributed by atoms with Gasteiger partial charge >= 0.3 is 11.9 Å². The minimum absolute atomic E-state index is 0.263. The van der Waals surface area contributed by atoms with E-state index in [0.29, 0.717) is 12.0 Å². The number of rotatable bonds is 5. The molecule has 0 aliphatic carbocycles. The first-order valence-corrected chi connectivity index (χ1v) is 5.58. The lowest BCUT2D eigenvalue weighted by atomic mass is 10.2. The van der Waals surface area contributed by atoms with E-state index in [4.69, 9.17) is 9.47 Å². The van der Waals surface area contributed by atoms with Crippen molar-refractivity contribution in [1.82, 2.24) is 0 Å². The fourth-order valence-electron chi connectivity index (χ4n) is 1.12. The van der Waals surface area contributed by atoms with Crippen molar-refractivity contribution >= 4 is 11.9 Å². The van der Waals surface area contributed by atoms with Crippen LogP contribution in [-0.4, -0.2) is 18.2 Å². The van der Waals surface area contributed by atoms with Gasteiger partial charge in [0.25, 0.3) is 0 Å². The number of ether oxygens (including phenoxy) is 2. The lowest BCUT2D eigenvalue weighted by Gasteiger charge is -2.16. The number of hydrogen-bond donors (Lipinski definition) is 0. The predicted octanol–water partition coefficient (Wildman–Crippen LogP) is 2.50. The molecule has 95 valence electrons. The van der Waals surface area contributed by atoms with E-state index in [0.717, 1.165) is 0 Å². The Bertz CT molecular complexity index is 436. The molecule has 4 nitrogen and oxygen atoms in total. The summed E-state index contributed by atoms with van der Waals surface area (Å²) >= 11 is 0. The number of carbonyl (C=O) groups excluding carboxylic acids is 2. The number of esters is 2. The molecule has 18 heavy (non-hydrogen) atoms. The Labute approximate surface area is 106 Å². The Balaban J connectivity index is 2.61. The van der Waals surface area contributed by atoms with E-state index >= 15 is 0 Å². The van der Waals surface area contributed by atoms with Crippen LogP contribution in [0.25, 0.3) is 0 Å². The molecule has 1 radical (unpaired) electrons. The van der Waals surface area contributed by atoms with Crippen molar-refractivity contribution in [2.45, 2.75) is 26.6 Å². The molecule has 0 saturated carbocycles. The van der Waals surface area contributed by atoms with Crippen LogP contribution in [-0.2, 0) is 14.3 Å². The van der Waals surface area contributed by atoms with Crippen LogP contribution in [0.15, 0.2) is 36.4 Å². The van der Waals surface area contributed by atoms with Crippen molar-refractivity contribution in [1.29, 1.82) is 0 Å². The van der Waals surface area contributed by atoms with Gasteiger partial charge in [0, 0.05) is 12.0 Å². The van der Waals surface area contributed by atoms with E-state index in [1.807, 2.05) is 0 Å². The zero-order valence-corrected chi connectivity index (χ0v) is 10.4. The average Bonchev–Trinajstić information content (AvgIpc) is 2.38. The first kappa shape index (κ1) is 14.0. The summed E-state index contributed by atoms with van der Waals surface area (Å²) < 4.78 is 10.0. The molecule has 1 aromatic rings. The summed E-state index contributed by atoms with van der Waals surface area (Å²) in [6.45, 7) is 6.74. The third-order valence-corrected chi connectivity index (χ3v) is 2.11. The van der Waals surface area contributed by atoms with E-state index < -0.39 is 18.2 Å². The minimum atomic E-state index is -0.897. The van der Waals surface area contributed by atoms with Gasteiger partial charge in [-0.3, -0.25) is 0 Å². The fraction of sp³-hybridized carbons (Fsp3) is 0.286. The highest BCUT2D eigenvalue weighted by atomic mass is 16.7. The Kier molecular flexibility index (Phi) is 5.11. The normalized spacial score (nSPS) is 11.4. The predicted molar refractivity (Wildman–Crippen MR) is 65.7 cm³/mol. The maximum atomic E-state index is 11.7. The first-order valence-electron chi connectivity index (χ1n) is 5.58. The van der Waals surface area contributed by atoms with Crippen LogP contribution in [0.4, 0.5) is 0 Å². The molecule has 0 aliphatic rings. The van der Waals surface area contributed by atoms with Crippen molar-refractivity contribution in [3.8, 4) is 0 Å². The van der Waals surface area contributed by atoms with Crippen molar-refractivity contribution in [2.75, 3.05) is 0 Å². The third kappa shape index (κ3) is 4.05. The second-order valence-corrected chi connectivity index (χ2v) is 3.72. The van der Waals surface area contributed by atoms with E-state index in [2.05, 4.69) is 12.6 Å². The number of carbonyl (C=O) groups is 2. The zero-order chi connectivity index (χ0) is 13.5. The van der Waals surface area contributed by atoms with Crippen LogP contribution in [0.2, 0.25) is 0 Å². The van der Waals surface area contributed by atoms with E-state index in [1.165, 1.54) is 6.92 Å². The fourth-order valence-corrected chi connectivity index (χ4v) is 1.12. The van der Waals surface area contributed by atoms with Crippen LogP contribution in [0, 0.1) is 6.07 Å². The third-order valence-electron chi connectivity index (χ3n) is 2.11. The van der Waals surface area contributed by atoms with Gasteiger partial charge in [-0.2, -0.15) is 0 Å². The molecular formula is C14H15O4. The van der Waals surface area contributed by atoms with E-state index in [9.17, 15) is 9.59 Å². The molecule has 0 heterocycles. The van der Waals surface area contributed by atoms with Gasteiger partial charge in [0.2, 0.25) is 6.29 Å². The highest BCUT2D eigenvalue weighted by Crippen LogP contribution is 2.09. The Morgan fingerprint density at radius 2 is 1.94 bits per heavy atom. The van der Waals surface area contributed by atoms with Gasteiger partial charge in [0.05, 0.1) is 5.56 Å². The molecule has 0 spiro atoms. The molecule has 0 aliphatic heterocycles. The van der Waals surface area contributed by atoms with Crippen LogP contribution in [0.5, 0.6) is 0 Å². The Morgan fingerprint density at radius 3 is 2.44 bits per heavy atom. The summed E-state index contributed by atoms with van der Waals surface area (Å²) in [5.74, 6) is -1.11. The van der Waals surface area contributed by atoms with Crippen molar-refractivity contribution in [3.63, 3.8) is 0 Å². The molecule has 4 heteroatoms. The zero-order valence-electron chi connectivity index (χ0n) is 10.4. The Morgan fingerprint density at radius 1 is 1.33 bits per heavy atom. The average molecular weight is 247 g/mol. The van der Waals surface area contributed by atoms with Gasteiger partial charge in [-0.25, -0.2) is 9.59 Å². The summed E-state index contributed by atoms with van der Waals surface area (Å²) in [4.78, 5) is 23.0. The maximum Gasteiger partial charge on any atom is 0.341 e. The molecule has 0 fully saturated rings. The van der Waals surface area contributed by atoms with Gasteiger partial charge in [0.15, 0.2) is 0 Å². The number of hydrogen-bond acceptors (Lipinski definition) is 4. The summed E-state index contributed by atoms with van der Waals surface area (Å²) in [6.07, 6.45) is -0.519. The molecule has 0 saturated heterocycles. The lowest BCUT2D eigenvalue weighted by Crippen LogP contribution is -2.24. The highest BCUT2D eigenvalue weighted by Gasteiger charge is 2.18. The topological polar surface area (TPSA) is 52.6 Å². The second kappa shape index (κ2) is 6.59. The summed E-state index contributed by atoms with van der Waals surface area (Å²) in [5.41, 5.74) is 0.650. The van der Waals surface area contributed by atoms with Crippen LogP contribution < -0.4 is 0 Å². The summed E-state index contributed by atoms with van der Waals surface area (Å²) in [6, 6.07) is 9.17. The maximum absolute atomic E-state index is 11.7. The van der Waals surface area contributed by atoms with Crippen molar-refractivity contribution < 1.29 is 19.1 Å². The smallest absolute Gasteiger partial charge is 0.341 e. The molecule has 1 unspecified atom stereocenters. The van der Waals surface area contributed by atoms with E-state index in [-0.39, 0.29) is 5.57 Å². The molecule has 1 rings (SSSR count). The largest absolute Gasteiger partial charge is 0.422 e. The minimum Gasteiger partial charge on any atom is -0.422 e. The molecule has 1 aromatic carbocycles. The molecule has 1 atom stereocenters. The Hall–Kier alpha value is -2.10. The van der Waals surface area contributed by atoms with Crippen molar-refractivity contribution in [3.05, 3.63) is 48.0 Å². The second-order valence-electron chi connectivity index (χ2n) is 3.72. The van der Waals surface area contributed by atoms with Gasteiger partial charge < -0.3 is 9.47 Å². The quantitative estimate of drug-likeness (QED) is 0.455. The monoisotopic (exact) mass is 247 g/mol. The lowest BCUT2D eigenvalue weighted by molar-refractivity contribution is -0.163. The highest BCUT2D eigenvalue weighted by molar-refractivity contribution is 5.90. The molecule has 0 amide bonds. The van der Waals surface area contributed by atoms with E-state index in [1.54, 1.807) is 31.2 Å². The summed E-state index contributed by atoms with van der Waals surface area (Å²) in [7, 11) is 0. The van der Waals surface area contributed by atoms with Crippen LogP contribution in [0.1, 0.15) is 30.6 Å². The molecule has 0 N–H and O–H groups in total. The van der Waals surface area contributed by atoms with Gasteiger partial charge in [-0.15, -0.1) is 0 Å². The van der Waals surface area contributed by atoms with Gasteiger partial charge in [-0.1, -0.05) is 25.6 Å².